The van der Waals surface area contributed by atoms with E-state index in [0.717, 1.165) is 25.7 Å². The molecule has 18 heavy (non-hydrogen) atoms. The van der Waals surface area contributed by atoms with Crippen molar-refractivity contribution < 1.29 is 14.7 Å². The van der Waals surface area contributed by atoms with E-state index in [1.807, 2.05) is 0 Å². The normalized spacial score (nSPS) is 18.2. The van der Waals surface area contributed by atoms with Crippen LogP contribution >= 0.6 is 0 Å². The molecule has 1 fully saturated rings. The van der Waals surface area contributed by atoms with E-state index in [2.05, 4.69) is 17.6 Å². The van der Waals surface area contributed by atoms with Gasteiger partial charge < -0.3 is 15.7 Å². The van der Waals surface area contributed by atoms with Gasteiger partial charge in [0.15, 0.2) is 0 Å². The highest BCUT2D eigenvalue weighted by molar-refractivity contribution is 5.82. The second kappa shape index (κ2) is 6.07. The number of urea groups is 1. The van der Waals surface area contributed by atoms with E-state index >= 15 is 0 Å². The smallest absolute Gasteiger partial charge is 0.326 e. The molecule has 3 N–H and O–H groups in total. The van der Waals surface area contributed by atoms with Crippen molar-refractivity contribution in [2.24, 2.45) is 11.3 Å². The molecule has 0 aromatic rings. The maximum absolute atomic E-state index is 11.7. The summed E-state index contributed by atoms with van der Waals surface area (Å²) in [6.07, 6.45) is 4.56. The number of rotatable bonds is 7. The Morgan fingerprint density at radius 2 is 1.94 bits per heavy atom. The third-order valence-electron chi connectivity index (χ3n) is 3.58. The lowest BCUT2D eigenvalue weighted by atomic mass is 10.0. The number of hydrogen-bond acceptors (Lipinski definition) is 2. The summed E-state index contributed by atoms with van der Waals surface area (Å²) in [5, 5.41) is 14.3. The minimum Gasteiger partial charge on any atom is -0.480 e. The van der Waals surface area contributed by atoms with E-state index in [0.29, 0.717) is 6.54 Å². The predicted octanol–water partition coefficient (Wildman–Crippen LogP) is 1.98. The molecule has 1 atom stereocenters. The molecule has 2 amide bonds. The Morgan fingerprint density at radius 3 is 2.33 bits per heavy atom. The number of carbonyl (C=O) groups excluding carboxylic acids is 1. The van der Waals surface area contributed by atoms with E-state index in [9.17, 15) is 9.59 Å². The first-order valence-electron chi connectivity index (χ1n) is 6.67. The molecule has 1 aliphatic carbocycles. The molecule has 0 aliphatic heterocycles. The first-order valence-corrected chi connectivity index (χ1v) is 6.67. The van der Waals surface area contributed by atoms with E-state index in [-0.39, 0.29) is 17.4 Å². The van der Waals surface area contributed by atoms with Gasteiger partial charge in [0, 0.05) is 6.54 Å². The van der Waals surface area contributed by atoms with Gasteiger partial charge in [0.2, 0.25) is 0 Å². The molecular formula is C13H24N2O3. The molecule has 1 aliphatic rings. The average Bonchev–Trinajstić information content (AvgIpc) is 3.03. The standard InChI is InChI=1S/C13H24N2O3/c1-4-5-13(6-7-13)8-14-12(18)15-10(9(2)3)11(16)17/h9-10H,4-8H2,1-3H3,(H,16,17)(H2,14,15,18)/t10-/m1/s1. The Bertz CT molecular complexity index is 311. The molecule has 0 unspecified atom stereocenters. The van der Waals surface area contributed by atoms with Crippen LogP contribution in [0.3, 0.4) is 0 Å². The Hall–Kier alpha value is -1.26. The van der Waals surface area contributed by atoms with E-state index < -0.39 is 12.0 Å². The maximum atomic E-state index is 11.7. The van der Waals surface area contributed by atoms with Crippen molar-refractivity contribution in [3.63, 3.8) is 0 Å². The van der Waals surface area contributed by atoms with Crippen molar-refractivity contribution in [1.82, 2.24) is 10.6 Å². The van der Waals surface area contributed by atoms with E-state index in [1.54, 1.807) is 13.8 Å². The van der Waals surface area contributed by atoms with Crippen LogP contribution in [0.2, 0.25) is 0 Å². The van der Waals surface area contributed by atoms with Gasteiger partial charge in [-0.1, -0.05) is 27.2 Å². The minimum absolute atomic E-state index is 0.126. The zero-order valence-electron chi connectivity index (χ0n) is 11.5. The molecule has 0 aromatic carbocycles. The summed E-state index contributed by atoms with van der Waals surface area (Å²) in [5.41, 5.74) is 0.280. The fourth-order valence-corrected chi connectivity index (χ4v) is 2.20. The number of amides is 2. The number of carboxylic acids is 1. The number of carbonyl (C=O) groups is 2. The Morgan fingerprint density at radius 1 is 1.33 bits per heavy atom. The quantitative estimate of drug-likeness (QED) is 0.651. The molecule has 1 saturated carbocycles. The average molecular weight is 256 g/mol. The van der Waals surface area contributed by atoms with E-state index in [1.165, 1.54) is 0 Å². The second-order valence-corrected chi connectivity index (χ2v) is 5.64. The van der Waals surface area contributed by atoms with Crippen LogP contribution < -0.4 is 10.6 Å². The highest BCUT2D eigenvalue weighted by atomic mass is 16.4. The van der Waals surface area contributed by atoms with Crippen LogP contribution in [0, 0.1) is 11.3 Å². The monoisotopic (exact) mass is 256 g/mol. The zero-order chi connectivity index (χ0) is 13.8. The summed E-state index contributed by atoms with van der Waals surface area (Å²) < 4.78 is 0. The fraction of sp³-hybridized carbons (Fsp3) is 0.846. The van der Waals surface area contributed by atoms with Crippen molar-refractivity contribution in [2.75, 3.05) is 6.54 Å². The number of aliphatic carboxylic acids is 1. The van der Waals surface area contributed by atoms with Crippen LogP contribution in [0.25, 0.3) is 0 Å². The van der Waals surface area contributed by atoms with Gasteiger partial charge >= 0.3 is 12.0 Å². The number of hydrogen-bond donors (Lipinski definition) is 3. The Kier molecular flexibility index (Phi) is 4.99. The zero-order valence-corrected chi connectivity index (χ0v) is 11.5. The van der Waals surface area contributed by atoms with Crippen molar-refractivity contribution in [3.05, 3.63) is 0 Å². The molecule has 0 heterocycles. The molecule has 0 saturated heterocycles. The predicted molar refractivity (Wildman–Crippen MR) is 69.4 cm³/mol. The highest BCUT2D eigenvalue weighted by Gasteiger charge is 2.41. The summed E-state index contributed by atoms with van der Waals surface area (Å²) in [6, 6.07) is -1.20. The molecule has 0 aromatic heterocycles. The Labute approximate surface area is 108 Å². The van der Waals surface area contributed by atoms with Gasteiger partial charge in [-0.3, -0.25) is 0 Å². The lowest BCUT2D eigenvalue weighted by Crippen LogP contribution is -2.49. The van der Waals surface area contributed by atoms with Crippen LogP contribution in [0.4, 0.5) is 4.79 Å². The summed E-state index contributed by atoms with van der Waals surface area (Å²) in [7, 11) is 0. The molecule has 0 radical (unpaired) electrons. The van der Waals surface area contributed by atoms with Crippen molar-refractivity contribution in [1.29, 1.82) is 0 Å². The largest absolute Gasteiger partial charge is 0.480 e. The maximum Gasteiger partial charge on any atom is 0.326 e. The SMILES string of the molecule is CCCC1(CNC(=O)N[C@@H](C(=O)O)C(C)C)CC1. The van der Waals surface area contributed by atoms with Crippen molar-refractivity contribution in [3.8, 4) is 0 Å². The molecule has 5 nitrogen and oxygen atoms in total. The van der Waals surface area contributed by atoms with Gasteiger partial charge in [-0.05, 0) is 30.6 Å². The Balaban J connectivity index is 2.35. The molecule has 1 rings (SSSR count). The fourth-order valence-electron chi connectivity index (χ4n) is 2.20. The van der Waals surface area contributed by atoms with E-state index in [4.69, 9.17) is 5.11 Å². The van der Waals surface area contributed by atoms with Crippen molar-refractivity contribution in [2.45, 2.75) is 52.5 Å². The van der Waals surface area contributed by atoms with Gasteiger partial charge in [-0.2, -0.15) is 0 Å². The van der Waals surface area contributed by atoms with Gasteiger partial charge in [0.25, 0.3) is 0 Å². The lowest BCUT2D eigenvalue weighted by molar-refractivity contribution is -0.140. The summed E-state index contributed by atoms with van der Waals surface area (Å²) >= 11 is 0. The molecule has 5 heteroatoms. The molecule has 104 valence electrons. The molecular weight excluding hydrogens is 232 g/mol. The van der Waals surface area contributed by atoms with Crippen LogP contribution in [-0.2, 0) is 4.79 Å². The molecule has 0 bridgehead atoms. The minimum atomic E-state index is -0.991. The highest BCUT2D eigenvalue weighted by Crippen LogP contribution is 2.48. The topological polar surface area (TPSA) is 78.4 Å². The summed E-state index contributed by atoms with van der Waals surface area (Å²) in [5.74, 6) is -1.12. The van der Waals surface area contributed by atoms with Crippen LogP contribution in [-0.4, -0.2) is 29.7 Å². The number of carboxylic acid groups (broad SMARTS) is 1. The second-order valence-electron chi connectivity index (χ2n) is 5.64. The third-order valence-corrected chi connectivity index (χ3v) is 3.58. The van der Waals surface area contributed by atoms with Gasteiger partial charge in [0.05, 0.1) is 0 Å². The van der Waals surface area contributed by atoms with Crippen LogP contribution in [0.15, 0.2) is 0 Å². The van der Waals surface area contributed by atoms with Crippen LogP contribution in [0.1, 0.15) is 46.5 Å². The lowest BCUT2D eigenvalue weighted by Gasteiger charge is -2.20. The number of nitrogens with one attached hydrogen (secondary N) is 2. The first-order chi connectivity index (χ1) is 8.40. The van der Waals surface area contributed by atoms with Gasteiger partial charge in [-0.25, -0.2) is 9.59 Å². The third kappa shape index (κ3) is 4.20. The van der Waals surface area contributed by atoms with Gasteiger partial charge in [0.1, 0.15) is 6.04 Å². The molecule has 0 spiro atoms. The summed E-state index contributed by atoms with van der Waals surface area (Å²) in [4.78, 5) is 22.6. The van der Waals surface area contributed by atoms with Crippen molar-refractivity contribution >= 4 is 12.0 Å². The van der Waals surface area contributed by atoms with Crippen LogP contribution in [0.5, 0.6) is 0 Å². The first kappa shape index (κ1) is 14.8. The summed E-state index contributed by atoms with van der Waals surface area (Å²) in [6.45, 7) is 6.34. The van der Waals surface area contributed by atoms with Gasteiger partial charge in [-0.15, -0.1) is 0 Å².